The topological polar surface area (TPSA) is 108 Å². The minimum atomic E-state index is -1.08. The largest absolute Gasteiger partial charge is 0.507 e. The van der Waals surface area contributed by atoms with Gasteiger partial charge >= 0.3 is 5.97 Å². The van der Waals surface area contributed by atoms with Crippen molar-refractivity contribution in [3.63, 3.8) is 0 Å². The van der Waals surface area contributed by atoms with Crippen LogP contribution in [0.15, 0.2) is 44.5 Å². The summed E-state index contributed by atoms with van der Waals surface area (Å²) in [5.41, 5.74) is -0.130. The fourth-order valence-electron chi connectivity index (χ4n) is 3.72. The average molecular weight is 462 g/mol. The normalized spacial score (nSPS) is 12.1. The summed E-state index contributed by atoms with van der Waals surface area (Å²) in [6.07, 6.45) is 1.44. The molecule has 1 aromatic carbocycles. The molecule has 8 nitrogen and oxygen atoms in total. The number of halogens is 1. The summed E-state index contributed by atoms with van der Waals surface area (Å²) in [5.74, 6) is -2.04. The summed E-state index contributed by atoms with van der Waals surface area (Å²) >= 11 is 6.04. The number of hydrogen-bond donors (Lipinski definition) is 1. The summed E-state index contributed by atoms with van der Waals surface area (Å²) in [7, 11) is 2.77. The number of fused-ring (bicyclic) bond motifs is 1. The Bertz CT molecular complexity index is 1260. The van der Waals surface area contributed by atoms with Gasteiger partial charge in [0.05, 0.1) is 30.7 Å². The number of carbonyl (C=O) groups excluding carboxylic acids is 1. The number of aromatic hydroxyl groups is 1. The van der Waals surface area contributed by atoms with Crippen molar-refractivity contribution in [2.24, 2.45) is 0 Å². The van der Waals surface area contributed by atoms with E-state index in [1.54, 1.807) is 26.2 Å². The molecule has 0 amide bonds. The zero-order valence-corrected chi connectivity index (χ0v) is 18.8. The van der Waals surface area contributed by atoms with Gasteiger partial charge in [0.25, 0.3) is 5.56 Å². The molecular formula is C23H24ClNO7. The van der Waals surface area contributed by atoms with Crippen LogP contribution in [0.1, 0.15) is 35.6 Å². The maximum Gasteiger partial charge on any atom is 0.306 e. The SMILES string of the molecule is COCCCn1c(C)cc(O)c(C(CC(=O)OC)c2coc3ccc(Cl)cc3c2=O)c1=O. The van der Waals surface area contributed by atoms with Crippen LogP contribution in [0, 0.1) is 6.92 Å². The molecule has 0 saturated carbocycles. The molecule has 0 aliphatic rings. The molecule has 3 aromatic rings. The summed E-state index contributed by atoms with van der Waals surface area (Å²) in [5, 5.41) is 11.2. The van der Waals surface area contributed by atoms with Crippen LogP contribution in [0.25, 0.3) is 11.0 Å². The molecule has 2 aromatic heterocycles. The van der Waals surface area contributed by atoms with E-state index in [4.69, 9.17) is 25.5 Å². The lowest BCUT2D eigenvalue weighted by atomic mass is 9.88. The molecule has 1 atom stereocenters. The minimum Gasteiger partial charge on any atom is -0.507 e. The van der Waals surface area contributed by atoms with Crippen molar-refractivity contribution in [3.8, 4) is 5.75 Å². The molecule has 0 aliphatic carbocycles. The number of nitrogens with zero attached hydrogens (tertiary/aromatic N) is 1. The third-order valence-electron chi connectivity index (χ3n) is 5.34. The molecule has 0 radical (unpaired) electrons. The lowest BCUT2D eigenvalue weighted by Gasteiger charge is -2.20. The van der Waals surface area contributed by atoms with Gasteiger partial charge in [0.2, 0.25) is 0 Å². The smallest absolute Gasteiger partial charge is 0.306 e. The fraction of sp³-hybridized carbons (Fsp3) is 0.348. The van der Waals surface area contributed by atoms with Gasteiger partial charge in [0.15, 0.2) is 5.43 Å². The Balaban J connectivity index is 2.24. The van der Waals surface area contributed by atoms with Crippen molar-refractivity contribution in [2.75, 3.05) is 20.8 Å². The minimum absolute atomic E-state index is 0.0462. The standard InChI is InChI=1S/C23H24ClNO7/c1-13-9-18(26)21(23(29)25(13)7-4-8-30-2)15(11-20(27)31-3)17-12-32-19-6-5-14(24)10-16(19)22(17)28/h5-6,9-10,12,15,26H,4,7-8,11H2,1-3H3. The molecule has 1 N–H and O–H groups in total. The van der Waals surface area contributed by atoms with Gasteiger partial charge in [-0.2, -0.15) is 0 Å². The first-order valence-corrected chi connectivity index (χ1v) is 10.4. The second kappa shape index (κ2) is 10.0. The van der Waals surface area contributed by atoms with E-state index < -0.39 is 22.9 Å². The molecule has 0 fully saturated rings. The summed E-state index contributed by atoms with van der Waals surface area (Å²) in [6.45, 7) is 2.49. The van der Waals surface area contributed by atoms with Gasteiger partial charge in [0.1, 0.15) is 11.3 Å². The van der Waals surface area contributed by atoms with Gasteiger partial charge in [-0.25, -0.2) is 0 Å². The van der Waals surface area contributed by atoms with Crippen LogP contribution >= 0.6 is 11.6 Å². The molecule has 9 heteroatoms. The number of aromatic nitrogens is 1. The Morgan fingerprint density at radius 2 is 2.00 bits per heavy atom. The molecule has 2 heterocycles. The van der Waals surface area contributed by atoms with Crippen molar-refractivity contribution in [2.45, 2.75) is 32.2 Å². The predicted molar refractivity (Wildman–Crippen MR) is 120 cm³/mol. The molecule has 0 spiro atoms. The van der Waals surface area contributed by atoms with Gasteiger partial charge < -0.3 is 23.6 Å². The van der Waals surface area contributed by atoms with Gasteiger partial charge in [0, 0.05) is 42.5 Å². The van der Waals surface area contributed by atoms with Crippen LogP contribution < -0.4 is 11.0 Å². The first kappa shape index (κ1) is 23.6. The molecule has 0 bridgehead atoms. The number of hydrogen-bond acceptors (Lipinski definition) is 7. The molecule has 32 heavy (non-hydrogen) atoms. The van der Waals surface area contributed by atoms with Crippen LogP contribution in [0.4, 0.5) is 0 Å². The quantitative estimate of drug-likeness (QED) is 0.404. The van der Waals surface area contributed by atoms with Crippen molar-refractivity contribution >= 4 is 28.5 Å². The number of pyridine rings is 1. The molecule has 3 rings (SSSR count). The van der Waals surface area contributed by atoms with Crippen LogP contribution in [0.2, 0.25) is 5.02 Å². The second-order valence-electron chi connectivity index (χ2n) is 7.38. The van der Waals surface area contributed by atoms with Crippen LogP contribution in [-0.2, 0) is 20.8 Å². The van der Waals surface area contributed by atoms with Crippen LogP contribution in [0.5, 0.6) is 5.75 Å². The zero-order chi connectivity index (χ0) is 23.4. The highest BCUT2D eigenvalue weighted by atomic mass is 35.5. The average Bonchev–Trinajstić information content (AvgIpc) is 2.76. The summed E-state index contributed by atoms with van der Waals surface area (Å²) in [6, 6.07) is 6.04. The Hall–Kier alpha value is -3.10. The first-order valence-electron chi connectivity index (χ1n) is 9.98. The van der Waals surface area contributed by atoms with Crippen molar-refractivity contribution in [1.82, 2.24) is 4.57 Å². The summed E-state index contributed by atoms with van der Waals surface area (Å²) in [4.78, 5) is 38.8. The number of aryl methyl sites for hydroxylation is 1. The van der Waals surface area contributed by atoms with E-state index >= 15 is 0 Å². The third-order valence-corrected chi connectivity index (χ3v) is 5.57. The molecular weight excluding hydrogens is 438 g/mol. The predicted octanol–water partition coefficient (Wildman–Crippen LogP) is 3.35. The highest BCUT2D eigenvalue weighted by molar-refractivity contribution is 6.31. The first-order chi connectivity index (χ1) is 15.3. The fourth-order valence-corrected chi connectivity index (χ4v) is 3.89. The van der Waals surface area contributed by atoms with E-state index in [9.17, 15) is 19.5 Å². The summed E-state index contributed by atoms with van der Waals surface area (Å²) < 4.78 is 16.9. The van der Waals surface area contributed by atoms with E-state index in [0.717, 1.165) is 0 Å². The monoisotopic (exact) mass is 461 g/mol. The second-order valence-corrected chi connectivity index (χ2v) is 7.82. The maximum atomic E-state index is 13.4. The Kier molecular flexibility index (Phi) is 7.37. The maximum absolute atomic E-state index is 13.4. The van der Waals surface area contributed by atoms with E-state index in [-0.39, 0.29) is 28.7 Å². The van der Waals surface area contributed by atoms with Gasteiger partial charge in [-0.1, -0.05) is 11.6 Å². The van der Waals surface area contributed by atoms with Crippen molar-refractivity contribution < 1.29 is 23.8 Å². The molecule has 170 valence electrons. The van der Waals surface area contributed by atoms with Crippen LogP contribution in [-0.4, -0.2) is 36.5 Å². The number of benzene rings is 1. The molecule has 0 saturated heterocycles. The lowest BCUT2D eigenvalue weighted by Crippen LogP contribution is -2.30. The van der Waals surface area contributed by atoms with Gasteiger partial charge in [-0.3, -0.25) is 14.4 Å². The lowest BCUT2D eigenvalue weighted by molar-refractivity contribution is -0.140. The highest BCUT2D eigenvalue weighted by Gasteiger charge is 2.29. The van der Waals surface area contributed by atoms with Gasteiger partial charge in [-0.15, -0.1) is 0 Å². The van der Waals surface area contributed by atoms with Gasteiger partial charge in [-0.05, 0) is 37.6 Å². The highest BCUT2D eigenvalue weighted by Crippen LogP contribution is 2.32. The van der Waals surface area contributed by atoms with Crippen molar-refractivity contribution in [1.29, 1.82) is 0 Å². The molecule has 0 aliphatic heterocycles. The Morgan fingerprint density at radius 1 is 1.25 bits per heavy atom. The molecule has 1 unspecified atom stereocenters. The number of carbonyl (C=O) groups is 1. The number of esters is 1. The third kappa shape index (κ3) is 4.71. The Morgan fingerprint density at radius 3 is 2.69 bits per heavy atom. The van der Waals surface area contributed by atoms with E-state index in [0.29, 0.717) is 35.9 Å². The number of rotatable bonds is 8. The van der Waals surface area contributed by atoms with E-state index in [1.807, 2.05) is 0 Å². The van der Waals surface area contributed by atoms with E-state index in [1.165, 1.54) is 30.1 Å². The zero-order valence-electron chi connectivity index (χ0n) is 18.0. The Labute approximate surface area is 188 Å². The number of methoxy groups -OCH3 is 2. The number of ether oxygens (including phenoxy) is 2. The van der Waals surface area contributed by atoms with Crippen molar-refractivity contribution in [3.05, 3.63) is 72.9 Å². The van der Waals surface area contributed by atoms with E-state index in [2.05, 4.69) is 0 Å². The van der Waals surface area contributed by atoms with Crippen LogP contribution in [0.3, 0.4) is 0 Å².